The van der Waals surface area contributed by atoms with E-state index in [-0.39, 0.29) is 0 Å². The Morgan fingerprint density at radius 2 is 2.19 bits per heavy atom. The smallest absolute Gasteiger partial charge is 0.0555 e. The second-order valence-electron chi connectivity index (χ2n) is 5.53. The summed E-state index contributed by atoms with van der Waals surface area (Å²) in [4.78, 5) is 7.01. The average molecular weight is 216 g/mol. The Kier molecular flexibility index (Phi) is 2.38. The van der Waals surface area contributed by atoms with E-state index in [2.05, 4.69) is 35.9 Å². The molecule has 2 aliphatic heterocycles. The van der Waals surface area contributed by atoms with Crippen molar-refractivity contribution in [1.82, 2.24) is 4.98 Å². The molecule has 3 unspecified atom stereocenters. The molecule has 1 saturated carbocycles. The lowest BCUT2D eigenvalue weighted by atomic mass is 9.73. The fourth-order valence-corrected chi connectivity index (χ4v) is 3.46. The van der Waals surface area contributed by atoms with Gasteiger partial charge < -0.3 is 4.90 Å². The van der Waals surface area contributed by atoms with Crippen molar-refractivity contribution in [2.24, 2.45) is 11.8 Å². The number of aryl methyl sites for hydroxylation is 1. The minimum absolute atomic E-state index is 0.759. The number of anilines is 1. The molecule has 2 saturated heterocycles. The van der Waals surface area contributed by atoms with E-state index in [1.807, 2.05) is 6.20 Å². The van der Waals surface area contributed by atoms with E-state index in [0.29, 0.717) is 0 Å². The normalized spacial score (nSPS) is 33.1. The van der Waals surface area contributed by atoms with Crippen molar-refractivity contribution in [2.45, 2.75) is 39.2 Å². The third-order valence-electron chi connectivity index (χ3n) is 4.32. The van der Waals surface area contributed by atoms with Crippen LogP contribution in [0.1, 0.15) is 31.9 Å². The molecular weight excluding hydrogens is 196 g/mol. The van der Waals surface area contributed by atoms with Crippen LogP contribution in [0, 0.1) is 18.8 Å². The largest absolute Gasteiger partial charge is 0.367 e. The molecule has 2 nitrogen and oxygen atoms in total. The van der Waals surface area contributed by atoms with Crippen molar-refractivity contribution >= 4 is 5.69 Å². The van der Waals surface area contributed by atoms with Crippen LogP contribution in [0.3, 0.4) is 0 Å². The van der Waals surface area contributed by atoms with Crippen LogP contribution in [0.4, 0.5) is 5.69 Å². The topological polar surface area (TPSA) is 16.1 Å². The second kappa shape index (κ2) is 3.76. The van der Waals surface area contributed by atoms with Crippen LogP contribution in [-0.2, 0) is 0 Å². The highest BCUT2D eigenvalue weighted by Gasteiger charge is 2.38. The molecule has 0 amide bonds. The molecule has 0 spiro atoms. The van der Waals surface area contributed by atoms with Crippen LogP contribution in [0.15, 0.2) is 18.3 Å². The molecular formula is C14H20N2. The highest BCUT2D eigenvalue weighted by Crippen LogP contribution is 2.40. The maximum atomic E-state index is 4.42. The van der Waals surface area contributed by atoms with Gasteiger partial charge in [-0.3, -0.25) is 4.98 Å². The lowest BCUT2D eigenvalue weighted by molar-refractivity contribution is 0.184. The Morgan fingerprint density at radius 3 is 2.81 bits per heavy atom. The van der Waals surface area contributed by atoms with E-state index in [1.54, 1.807) is 0 Å². The molecule has 2 heteroatoms. The van der Waals surface area contributed by atoms with E-state index < -0.39 is 0 Å². The zero-order valence-corrected chi connectivity index (χ0v) is 10.2. The standard InChI is InChI=1S/C14H20N2/c1-10-7-12-4-6-14(10)16(9-12)13-5-3-11(2)15-8-13/h3,5,8,10,12,14H,4,6-7,9H2,1-2H3. The summed E-state index contributed by atoms with van der Waals surface area (Å²) in [5.74, 6) is 1.77. The van der Waals surface area contributed by atoms with Gasteiger partial charge in [0.25, 0.3) is 0 Å². The third kappa shape index (κ3) is 1.60. The number of rotatable bonds is 1. The first kappa shape index (κ1) is 10.1. The Hall–Kier alpha value is -1.05. The Morgan fingerprint density at radius 1 is 1.31 bits per heavy atom. The van der Waals surface area contributed by atoms with Crippen LogP contribution in [0.5, 0.6) is 0 Å². The first-order valence-corrected chi connectivity index (χ1v) is 6.43. The van der Waals surface area contributed by atoms with Crippen LogP contribution in [-0.4, -0.2) is 17.6 Å². The number of piperidine rings is 2. The van der Waals surface area contributed by atoms with Gasteiger partial charge in [0.1, 0.15) is 0 Å². The van der Waals surface area contributed by atoms with Crippen LogP contribution in [0.2, 0.25) is 0 Å². The molecule has 1 aromatic heterocycles. The average Bonchev–Trinajstić information content (AvgIpc) is 2.30. The minimum atomic E-state index is 0.759. The van der Waals surface area contributed by atoms with E-state index in [9.17, 15) is 0 Å². The fourth-order valence-electron chi connectivity index (χ4n) is 3.46. The van der Waals surface area contributed by atoms with Gasteiger partial charge in [-0.25, -0.2) is 0 Å². The fraction of sp³-hybridized carbons (Fsp3) is 0.643. The van der Waals surface area contributed by atoms with E-state index >= 15 is 0 Å². The van der Waals surface area contributed by atoms with Gasteiger partial charge in [-0.2, -0.15) is 0 Å². The Bertz CT molecular complexity index is 371. The van der Waals surface area contributed by atoms with Gasteiger partial charge >= 0.3 is 0 Å². The van der Waals surface area contributed by atoms with Crippen LogP contribution in [0.25, 0.3) is 0 Å². The number of hydrogen-bond acceptors (Lipinski definition) is 2. The van der Waals surface area contributed by atoms with Gasteiger partial charge in [-0.05, 0) is 50.2 Å². The summed E-state index contributed by atoms with van der Waals surface area (Å²) in [7, 11) is 0. The summed E-state index contributed by atoms with van der Waals surface area (Å²) >= 11 is 0. The zero-order chi connectivity index (χ0) is 11.1. The lowest BCUT2D eigenvalue weighted by Gasteiger charge is -2.50. The monoisotopic (exact) mass is 216 g/mol. The highest BCUT2D eigenvalue weighted by molar-refractivity contribution is 5.47. The molecule has 1 aromatic rings. The van der Waals surface area contributed by atoms with Gasteiger partial charge in [-0.15, -0.1) is 0 Å². The quantitative estimate of drug-likeness (QED) is 0.717. The van der Waals surface area contributed by atoms with Crippen LogP contribution < -0.4 is 4.90 Å². The molecule has 1 aliphatic carbocycles. The molecule has 0 aromatic carbocycles. The zero-order valence-electron chi connectivity index (χ0n) is 10.2. The van der Waals surface area contributed by atoms with E-state index in [0.717, 1.165) is 23.6 Å². The number of hydrogen-bond donors (Lipinski definition) is 0. The SMILES string of the molecule is Cc1ccc(N2CC3CCC2C(C)C3)cn1. The van der Waals surface area contributed by atoms with Crippen molar-refractivity contribution < 1.29 is 0 Å². The summed E-state index contributed by atoms with van der Waals surface area (Å²) in [5, 5.41) is 0. The van der Waals surface area contributed by atoms with Crippen molar-refractivity contribution in [3.8, 4) is 0 Å². The van der Waals surface area contributed by atoms with E-state index in [1.165, 1.54) is 31.5 Å². The summed E-state index contributed by atoms with van der Waals surface area (Å²) in [6.07, 6.45) is 6.29. The number of aromatic nitrogens is 1. The molecule has 0 radical (unpaired) electrons. The summed E-state index contributed by atoms with van der Waals surface area (Å²) < 4.78 is 0. The molecule has 4 rings (SSSR count). The molecule has 3 atom stereocenters. The van der Waals surface area contributed by atoms with Crippen molar-refractivity contribution in [2.75, 3.05) is 11.4 Å². The molecule has 3 heterocycles. The number of nitrogens with zero attached hydrogens (tertiary/aromatic N) is 2. The van der Waals surface area contributed by atoms with E-state index in [4.69, 9.17) is 0 Å². The summed E-state index contributed by atoms with van der Waals surface area (Å²) in [6.45, 7) is 5.71. The van der Waals surface area contributed by atoms with Crippen molar-refractivity contribution in [3.63, 3.8) is 0 Å². The molecule has 2 bridgehead atoms. The maximum absolute atomic E-state index is 4.42. The van der Waals surface area contributed by atoms with Gasteiger partial charge in [0.15, 0.2) is 0 Å². The first-order valence-electron chi connectivity index (χ1n) is 6.43. The maximum Gasteiger partial charge on any atom is 0.0555 e. The molecule has 3 aliphatic rings. The molecule has 3 fully saturated rings. The van der Waals surface area contributed by atoms with Gasteiger partial charge in [0.05, 0.1) is 11.9 Å². The Labute approximate surface area is 97.7 Å². The van der Waals surface area contributed by atoms with Gasteiger partial charge in [-0.1, -0.05) is 6.92 Å². The second-order valence-corrected chi connectivity index (χ2v) is 5.53. The number of pyridine rings is 1. The lowest BCUT2D eigenvalue weighted by Crippen LogP contribution is -2.52. The van der Waals surface area contributed by atoms with Crippen molar-refractivity contribution in [3.05, 3.63) is 24.0 Å². The van der Waals surface area contributed by atoms with Crippen LogP contribution >= 0.6 is 0 Å². The van der Waals surface area contributed by atoms with Gasteiger partial charge in [0, 0.05) is 18.3 Å². The summed E-state index contributed by atoms with van der Waals surface area (Å²) in [6, 6.07) is 5.12. The number of fused-ring (bicyclic) bond motifs is 3. The first-order chi connectivity index (χ1) is 7.74. The summed E-state index contributed by atoms with van der Waals surface area (Å²) in [5.41, 5.74) is 2.44. The Balaban J connectivity index is 1.87. The minimum Gasteiger partial charge on any atom is -0.367 e. The molecule has 16 heavy (non-hydrogen) atoms. The predicted octanol–water partition coefficient (Wildman–Crippen LogP) is 3.01. The predicted molar refractivity (Wildman–Crippen MR) is 66.6 cm³/mol. The molecule has 86 valence electrons. The third-order valence-corrected chi connectivity index (χ3v) is 4.32. The highest BCUT2D eigenvalue weighted by atomic mass is 15.2. The van der Waals surface area contributed by atoms with Crippen molar-refractivity contribution in [1.29, 1.82) is 0 Å². The van der Waals surface area contributed by atoms with Gasteiger partial charge in [0.2, 0.25) is 0 Å². The molecule has 0 N–H and O–H groups in total.